The van der Waals surface area contributed by atoms with Crippen LogP contribution in [0.3, 0.4) is 0 Å². The largest absolute Gasteiger partial charge is 0.472 e. The molecule has 96 heavy (non-hydrogen) atoms. The monoisotopic (exact) mass is 1390 g/mol. The maximum Gasteiger partial charge on any atom is 0.472 e. The van der Waals surface area contributed by atoms with Crippen LogP contribution in [0.15, 0.2) is 85.1 Å². The fourth-order valence-corrected chi connectivity index (χ4v) is 11.7. The Morgan fingerprint density at radius 1 is 0.302 bits per heavy atom. The first-order chi connectivity index (χ1) is 46.7. The second kappa shape index (κ2) is 69.7. The first-order valence-electron chi connectivity index (χ1n) is 37.8. The van der Waals surface area contributed by atoms with Crippen LogP contribution in [0.25, 0.3) is 0 Å². The number of aliphatic hydroxyl groups excluding tert-OH is 1. The number of ether oxygens (including phenoxy) is 4. The number of carbonyl (C=O) groups excluding carboxylic acids is 4. The molecule has 0 bridgehead atoms. The Hall–Kier alpha value is -3.76. The molecule has 0 aliphatic heterocycles. The number of hydrogen-bond donors (Lipinski definition) is 3. The third-order valence-corrected chi connectivity index (χ3v) is 17.8. The van der Waals surface area contributed by atoms with E-state index < -0.39 is 97.5 Å². The number of allylic oxidation sites excluding steroid dienone is 14. The van der Waals surface area contributed by atoms with Crippen molar-refractivity contribution in [1.82, 2.24) is 0 Å². The van der Waals surface area contributed by atoms with Gasteiger partial charge in [-0.25, -0.2) is 9.13 Å². The molecule has 0 aromatic carbocycles. The SMILES string of the molecule is CC/C=C\C/C=C\C/C=C\CCCCCCCCCC(=O)OCC(COP(=O)(O)OCC(O)COP(=O)(O)OCC(COC(=O)CCCCCCCCCCCCCCC)OC(=O)CCCCCCC/C=C\CCCC)OC(=O)CCCCCCC/C=C\C/C=C\C/C=C\CC. The molecule has 0 saturated carbocycles. The van der Waals surface area contributed by atoms with Gasteiger partial charge in [-0.2, -0.15) is 0 Å². The van der Waals surface area contributed by atoms with E-state index in [1.54, 1.807) is 0 Å². The van der Waals surface area contributed by atoms with Gasteiger partial charge in [-0.1, -0.05) is 273 Å². The van der Waals surface area contributed by atoms with Gasteiger partial charge in [0.2, 0.25) is 0 Å². The summed E-state index contributed by atoms with van der Waals surface area (Å²) in [5.41, 5.74) is 0. The Morgan fingerprint density at radius 3 is 0.875 bits per heavy atom. The van der Waals surface area contributed by atoms with Crippen molar-refractivity contribution in [2.24, 2.45) is 0 Å². The van der Waals surface area contributed by atoms with Gasteiger partial charge in [0, 0.05) is 25.7 Å². The number of phosphoric acid groups is 2. The van der Waals surface area contributed by atoms with Crippen molar-refractivity contribution in [3.8, 4) is 0 Å². The van der Waals surface area contributed by atoms with Gasteiger partial charge in [-0.15, -0.1) is 0 Å². The van der Waals surface area contributed by atoms with Crippen LogP contribution in [-0.2, 0) is 65.4 Å². The quantitative estimate of drug-likeness (QED) is 0.0169. The van der Waals surface area contributed by atoms with Crippen LogP contribution in [0.1, 0.15) is 323 Å². The first-order valence-corrected chi connectivity index (χ1v) is 40.8. The summed E-state index contributed by atoms with van der Waals surface area (Å²) < 4.78 is 68.4. The molecule has 0 rings (SSSR count). The molecular weight excluding hydrogens is 1260 g/mol. The fraction of sp³-hybridized carbons (Fsp3) is 0.766. The zero-order valence-corrected chi connectivity index (χ0v) is 62.3. The normalized spacial score (nSPS) is 14.4. The summed E-state index contributed by atoms with van der Waals surface area (Å²) in [5.74, 6) is -2.20. The van der Waals surface area contributed by atoms with E-state index in [1.807, 2.05) is 0 Å². The van der Waals surface area contributed by atoms with Crippen molar-refractivity contribution in [2.45, 2.75) is 341 Å². The maximum absolute atomic E-state index is 13.1. The molecular formula is C77H136O17P2. The number of phosphoric ester groups is 2. The molecule has 0 aromatic heterocycles. The van der Waals surface area contributed by atoms with Crippen LogP contribution in [0, 0.1) is 0 Å². The lowest BCUT2D eigenvalue weighted by Crippen LogP contribution is -2.30. The maximum atomic E-state index is 13.1. The van der Waals surface area contributed by atoms with E-state index in [4.69, 9.17) is 37.0 Å². The van der Waals surface area contributed by atoms with Gasteiger partial charge < -0.3 is 33.8 Å². The van der Waals surface area contributed by atoms with Crippen LogP contribution in [0.4, 0.5) is 0 Å². The molecule has 556 valence electrons. The number of carbonyl (C=O) groups is 4. The van der Waals surface area contributed by atoms with Crippen LogP contribution in [0.2, 0.25) is 0 Å². The summed E-state index contributed by atoms with van der Waals surface area (Å²) in [6.07, 6.45) is 70.1. The lowest BCUT2D eigenvalue weighted by Gasteiger charge is -2.21. The van der Waals surface area contributed by atoms with Gasteiger partial charge in [0.05, 0.1) is 26.4 Å². The second-order valence-corrected chi connectivity index (χ2v) is 28.1. The summed E-state index contributed by atoms with van der Waals surface area (Å²) in [5, 5.41) is 10.6. The van der Waals surface area contributed by atoms with E-state index in [0.717, 1.165) is 173 Å². The molecule has 0 heterocycles. The minimum Gasteiger partial charge on any atom is -0.462 e. The summed E-state index contributed by atoms with van der Waals surface area (Å²) in [7, 11) is -9.94. The highest BCUT2D eigenvalue weighted by molar-refractivity contribution is 7.47. The van der Waals surface area contributed by atoms with E-state index in [0.29, 0.717) is 25.7 Å². The van der Waals surface area contributed by atoms with E-state index >= 15 is 0 Å². The Labute approximate surface area is 583 Å². The topological polar surface area (TPSA) is 237 Å². The van der Waals surface area contributed by atoms with Crippen molar-refractivity contribution in [2.75, 3.05) is 39.6 Å². The van der Waals surface area contributed by atoms with Crippen LogP contribution < -0.4 is 0 Å². The third kappa shape index (κ3) is 68.8. The zero-order chi connectivity index (χ0) is 70.4. The summed E-state index contributed by atoms with van der Waals surface area (Å²) in [6, 6.07) is 0. The smallest absolute Gasteiger partial charge is 0.462 e. The molecule has 0 aromatic rings. The molecule has 0 saturated heterocycles. The van der Waals surface area contributed by atoms with Crippen LogP contribution in [-0.4, -0.2) is 96.7 Å². The number of aliphatic hydroxyl groups is 1. The molecule has 0 aliphatic rings. The van der Waals surface area contributed by atoms with Crippen LogP contribution >= 0.6 is 15.6 Å². The van der Waals surface area contributed by atoms with Crippen molar-refractivity contribution >= 4 is 39.5 Å². The predicted molar refractivity (Wildman–Crippen MR) is 390 cm³/mol. The molecule has 0 spiro atoms. The summed E-state index contributed by atoms with van der Waals surface area (Å²) in [6.45, 7) is 4.60. The van der Waals surface area contributed by atoms with E-state index in [-0.39, 0.29) is 25.7 Å². The van der Waals surface area contributed by atoms with Crippen LogP contribution in [0.5, 0.6) is 0 Å². The Bertz CT molecular complexity index is 2160. The predicted octanol–water partition coefficient (Wildman–Crippen LogP) is 21.4. The Morgan fingerprint density at radius 2 is 0.552 bits per heavy atom. The van der Waals surface area contributed by atoms with E-state index in [2.05, 4.69) is 113 Å². The highest BCUT2D eigenvalue weighted by Gasteiger charge is 2.30. The standard InChI is InChI=1S/C77H136O17P2/c1-5-9-13-17-21-25-29-32-34-35-37-39-43-46-50-54-58-62-75(80)88-68-73(94-77(82)64-60-56-52-48-44-40-36-33-30-26-22-18-14-10-6-2)70-92-96(85,86)90-66-71(78)65-89-95(83,84)91-69-72(93-76(81)63-59-55-51-47-41-28-24-20-16-12-8-4)67-87-74(79)61-57-53-49-45-42-38-31-27-23-19-15-11-7-3/h9-10,13-14,20-22,24-26,32-34,36,71-73,78H,5-8,11-12,15-19,23,27-31,35,37-70H2,1-4H3,(H,83,84)(H,85,86)/b13-9-,14-10-,24-20-,25-21-,26-22-,34-32-,36-33-. The van der Waals surface area contributed by atoms with E-state index in [9.17, 15) is 43.2 Å². The number of unbranched alkanes of at least 4 members (excludes halogenated alkanes) is 31. The van der Waals surface area contributed by atoms with Crippen molar-refractivity contribution in [3.05, 3.63) is 85.1 Å². The summed E-state index contributed by atoms with van der Waals surface area (Å²) >= 11 is 0. The average Bonchev–Trinajstić information content (AvgIpc) is 2.18. The molecule has 17 nitrogen and oxygen atoms in total. The molecule has 0 fully saturated rings. The Balaban J connectivity index is 5.33. The summed E-state index contributed by atoms with van der Waals surface area (Å²) in [4.78, 5) is 72.8. The minimum absolute atomic E-state index is 0.0740. The van der Waals surface area contributed by atoms with Gasteiger partial charge in [-0.05, 0) is 109 Å². The Kier molecular flexibility index (Phi) is 67.0. The number of esters is 4. The molecule has 5 unspecified atom stereocenters. The van der Waals surface area contributed by atoms with Gasteiger partial charge in [0.25, 0.3) is 0 Å². The van der Waals surface area contributed by atoms with Gasteiger partial charge >= 0.3 is 39.5 Å². The highest BCUT2D eigenvalue weighted by Crippen LogP contribution is 2.45. The third-order valence-electron chi connectivity index (χ3n) is 15.9. The molecule has 3 N–H and O–H groups in total. The molecule has 0 aliphatic carbocycles. The number of hydrogen-bond acceptors (Lipinski definition) is 15. The van der Waals surface area contributed by atoms with Crippen molar-refractivity contribution in [3.63, 3.8) is 0 Å². The average molecular weight is 1400 g/mol. The van der Waals surface area contributed by atoms with Gasteiger partial charge in [0.1, 0.15) is 19.3 Å². The van der Waals surface area contributed by atoms with Gasteiger partial charge in [-0.3, -0.25) is 37.3 Å². The highest BCUT2D eigenvalue weighted by atomic mass is 31.2. The van der Waals surface area contributed by atoms with Crippen molar-refractivity contribution in [1.29, 1.82) is 0 Å². The minimum atomic E-state index is -4.98. The lowest BCUT2D eigenvalue weighted by molar-refractivity contribution is -0.161. The zero-order valence-electron chi connectivity index (χ0n) is 60.5. The lowest BCUT2D eigenvalue weighted by atomic mass is 10.0. The molecule has 19 heteroatoms. The molecule has 0 amide bonds. The van der Waals surface area contributed by atoms with Gasteiger partial charge in [0.15, 0.2) is 12.2 Å². The molecule has 0 radical (unpaired) electrons. The molecule has 5 atom stereocenters. The first kappa shape index (κ1) is 92.2. The fourth-order valence-electron chi connectivity index (χ4n) is 10.1. The second-order valence-electron chi connectivity index (χ2n) is 25.2. The number of rotatable bonds is 71. The van der Waals surface area contributed by atoms with Crippen molar-refractivity contribution < 1.29 is 80.2 Å². The van der Waals surface area contributed by atoms with E-state index in [1.165, 1.54) is 70.6 Å².